The van der Waals surface area contributed by atoms with Crippen molar-refractivity contribution in [3.8, 4) is 0 Å². The van der Waals surface area contributed by atoms with Crippen molar-refractivity contribution in [3.63, 3.8) is 0 Å². The van der Waals surface area contributed by atoms with Crippen molar-refractivity contribution in [2.45, 2.75) is 32.1 Å². The van der Waals surface area contributed by atoms with Crippen LogP contribution in [0.5, 0.6) is 0 Å². The molecule has 6 heteroatoms. The minimum absolute atomic E-state index is 0.155. The highest BCUT2D eigenvalue weighted by molar-refractivity contribution is 9.09. The van der Waals surface area contributed by atoms with Gasteiger partial charge in [-0.2, -0.15) is 0 Å². The Balaban J connectivity index is 3.43. The molecular weight excluding hydrogens is 294 g/mol. The van der Waals surface area contributed by atoms with Gasteiger partial charge in [0.05, 0.1) is 5.75 Å². The Bertz CT molecular complexity index is 244. The second-order valence-corrected chi connectivity index (χ2v) is 6.38. The van der Waals surface area contributed by atoms with E-state index in [1.807, 2.05) is 0 Å². The molecule has 0 atom stereocenters. The number of unbranched alkanes of at least 4 members (excludes halogenated alkanes) is 3. The average molecular weight is 316 g/mol. The molecule has 0 rings (SSSR count). The average Bonchev–Trinajstić information content (AvgIpc) is 2.23. The Kier molecular flexibility index (Phi) is 10.7. The molecule has 0 saturated carbocycles. The van der Waals surface area contributed by atoms with Crippen molar-refractivity contribution in [2.75, 3.05) is 31.3 Å². The molecule has 0 aliphatic heterocycles. The monoisotopic (exact) mass is 315 g/mol. The molecule has 0 aromatic heterocycles. The first-order chi connectivity index (χ1) is 7.62. The number of halogens is 1. The van der Waals surface area contributed by atoms with Crippen LogP contribution in [0, 0.1) is 0 Å². The van der Waals surface area contributed by atoms with E-state index in [2.05, 4.69) is 20.7 Å². The van der Waals surface area contributed by atoms with Crippen LogP contribution in [0.2, 0.25) is 0 Å². The number of hydrogen-bond acceptors (Lipinski definition) is 3. The van der Waals surface area contributed by atoms with Gasteiger partial charge in [-0.3, -0.25) is 0 Å². The molecule has 16 heavy (non-hydrogen) atoms. The lowest BCUT2D eigenvalue weighted by Gasteiger charge is -2.06. The van der Waals surface area contributed by atoms with Gasteiger partial charge in [-0.1, -0.05) is 28.8 Å². The van der Waals surface area contributed by atoms with Crippen LogP contribution in [0.25, 0.3) is 0 Å². The van der Waals surface area contributed by atoms with Gasteiger partial charge in [-0.15, -0.1) is 0 Å². The van der Waals surface area contributed by atoms with Crippen LogP contribution in [0.3, 0.4) is 0 Å². The van der Waals surface area contributed by atoms with Gasteiger partial charge in [0.2, 0.25) is 10.0 Å². The maximum atomic E-state index is 11.4. The van der Waals surface area contributed by atoms with Crippen molar-refractivity contribution < 1.29 is 13.2 Å². The van der Waals surface area contributed by atoms with Crippen molar-refractivity contribution in [3.05, 3.63) is 0 Å². The molecule has 1 N–H and O–H groups in total. The Morgan fingerprint density at radius 1 is 1.12 bits per heavy atom. The number of rotatable bonds is 11. The van der Waals surface area contributed by atoms with Gasteiger partial charge in [-0.05, 0) is 19.3 Å². The summed E-state index contributed by atoms with van der Waals surface area (Å²) in [5.74, 6) is 0.155. The number of alkyl halides is 1. The zero-order valence-electron chi connectivity index (χ0n) is 9.87. The summed E-state index contributed by atoms with van der Waals surface area (Å²) in [4.78, 5) is 0. The first-order valence-corrected chi connectivity index (χ1v) is 8.42. The fourth-order valence-corrected chi connectivity index (χ4v) is 2.76. The Morgan fingerprint density at radius 3 is 2.44 bits per heavy atom. The molecule has 0 aromatic carbocycles. The summed E-state index contributed by atoms with van der Waals surface area (Å²) in [6, 6.07) is 0. The van der Waals surface area contributed by atoms with Crippen molar-refractivity contribution in [1.29, 1.82) is 0 Å². The molecule has 0 fully saturated rings. The van der Waals surface area contributed by atoms with Crippen LogP contribution in [0.1, 0.15) is 32.1 Å². The third kappa shape index (κ3) is 10.9. The van der Waals surface area contributed by atoms with E-state index in [4.69, 9.17) is 4.74 Å². The third-order valence-corrected chi connectivity index (χ3v) is 4.17. The fraction of sp³-hybridized carbons (Fsp3) is 1.00. The molecule has 0 aliphatic carbocycles. The smallest absolute Gasteiger partial charge is 0.211 e. The van der Waals surface area contributed by atoms with Gasteiger partial charge in [0, 0.05) is 25.6 Å². The molecule has 98 valence electrons. The molecule has 4 nitrogen and oxygen atoms in total. The highest BCUT2D eigenvalue weighted by Crippen LogP contribution is 2.01. The van der Waals surface area contributed by atoms with E-state index >= 15 is 0 Å². The van der Waals surface area contributed by atoms with Crippen molar-refractivity contribution in [1.82, 2.24) is 4.72 Å². The minimum atomic E-state index is -3.09. The summed E-state index contributed by atoms with van der Waals surface area (Å²) in [5, 5.41) is 1.02. The van der Waals surface area contributed by atoms with Crippen LogP contribution in [-0.4, -0.2) is 39.8 Å². The largest absolute Gasteiger partial charge is 0.385 e. The summed E-state index contributed by atoms with van der Waals surface area (Å²) in [7, 11) is -1.51. The Labute approximate surface area is 107 Å². The molecule has 0 bridgehead atoms. The van der Waals surface area contributed by atoms with E-state index in [0.29, 0.717) is 19.6 Å². The highest BCUT2D eigenvalue weighted by atomic mass is 79.9. The highest BCUT2D eigenvalue weighted by Gasteiger charge is 2.08. The van der Waals surface area contributed by atoms with Crippen LogP contribution in [-0.2, 0) is 14.8 Å². The Morgan fingerprint density at radius 2 is 1.81 bits per heavy atom. The van der Waals surface area contributed by atoms with E-state index in [0.717, 1.165) is 31.0 Å². The minimum Gasteiger partial charge on any atom is -0.385 e. The molecule has 0 heterocycles. The first-order valence-electron chi connectivity index (χ1n) is 5.64. The maximum absolute atomic E-state index is 11.4. The lowest BCUT2D eigenvalue weighted by molar-refractivity contribution is 0.199. The molecule has 0 unspecified atom stereocenters. The summed E-state index contributed by atoms with van der Waals surface area (Å²) < 4.78 is 30.3. The number of sulfonamides is 1. The second kappa shape index (κ2) is 10.5. The van der Waals surface area contributed by atoms with Crippen LogP contribution >= 0.6 is 15.9 Å². The topological polar surface area (TPSA) is 55.4 Å². The normalized spacial score (nSPS) is 11.9. The quantitative estimate of drug-likeness (QED) is 0.468. The van der Waals surface area contributed by atoms with E-state index in [9.17, 15) is 8.42 Å². The maximum Gasteiger partial charge on any atom is 0.211 e. The molecule has 0 saturated heterocycles. The zero-order valence-corrected chi connectivity index (χ0v) is 12.3. The number of nitrogens with one attached hydrogen (secondary N) is 1. The van der Waals surface area contributed by atoms with E-state index < -0.39 is 10.0 Å². The van der Waals surface area contributed by atoms with E-state index in [1.54, 1.807) is 7.11 Å². The van der Waals surface area contributed by atoms with Gasteiger partial charge in [0.15, 0.2) is 0 Å². The zero-order chi connectivity index (χ0) is 12.3. The van der Waals surface area contributed by atoms with Crippen LogP contribution in [0.4, 0.5) is 0 Å². The van der Waals surface area contributed by atoms with Gasteiger partial charge in [0.25, 0.3) is 0 Å². The summed E-state index contributed by atoms with van der Waals surface area (Å²) in [6.45, 7) is 1.05. The number of hydrogen-bond donors (Lipinski definition) is 1. The van der Waals surface area contributed by atoms with E-state index in [1.165, 1.54) is 0 Å². The molecule has 0 spiro atoms. The summed E-state index contributed by atoms with van der Waals surface area (Å²) in [6.07, 6.45) is 4.84. The van der Waals surface area contributed by atoms with Crippen LogP contribution < -0.4 is 4.72 Å². The number of ether oxygens (including phenoxy) is 1. The van der Waals surface area contributed by atoms with E-state index in [-0.39, 0.29) is 5.75 Å². The lowest BCUT2D eigenvalue weighted by atomic mass is 10.2. The molecule has 0 amide bonds. The standard InChI is InChI=1S/C10H22BrNO3S/c1-15-9-6-10-16(13,14)12-8-5-3-2-4-7-11/h12H,2-10H2,1H3. The predicted molar refractivity (Wildman–Crippen MR) is 70.5 cm³/mol. The predicted octanol–water partition coefficient (Wildman–Crippen LogP) is 1.90. The lowest BCUT2D eigenvalue weighted by Crippen LogP contribution is -2.27. The first kappa shape index (κ1) is 16.4. The summed E-state index contributed by atoms with van der Waals surface area (Å²) >= 11 is 3.36. The number of methoxy groups -OCH3 is 1. The Hall–Kier alpha value is 0.350. The third-order valence-electron chi connectivity index (χ3n) is 2.14. The molecule has 0 aromatic rings. The van der Waals surface area contributed by atoms with Gasteiger partial charge in [0.1, 0.15) is 0 Å². The second-order valence-electron chi connectivity index (χ2n) is 3.66. The SMILES string of the molecule is COCCCS(=O)(=O)NCCCCCCBr. The molecule has 0 aliphatic rings. The fourth-order valence-electron chi connectivity index (χ4n) is 1.27. The molecular formula is C10H22BrNO3S. The van der Waals surface area contributed by atoms with Crippen molar-refractivity contribution >= 4 is 26.0 Å². The summed E-state index contributed by atoms with van der Waals surface area (Å²) in [5.41, 5.74) is 0. The van der Waals surface area contributed by atoms with Gasteiger partial charge < -0.3 is 4.74 Å². The van der Waals surface area contributed by atoms with Gasteiger partial charge >= 0.3 is 0 Å². The van der Waals surface area contributed by atoms with Crippen molar-refractivity contribution in [2.24, 2.45) is 0 Å². The van der Waals surface area contributed by atoms with Gasteiger partial charge in [-0.25, -0.2) is 13.1 Å². The van der Waals surface area contributed by atoms with Crippen LogP contribution in [0.15, 0.2) is 0 Å². The molecule has 0 radical (unpaired) electrons.